The topological polar surface area (TPSA) is 107 Å². The van der Waals surface area contributed by atoms with Gasteiger partial charge in [-0.3, -0.25) is 9.78 Å². The van der Waals surface area contributed by atoms with E-state index in [0.29, 0.717) is 30.6 Å². The van der Waals surface area contributed by atoms with Crippen molar-refractivity contribution in [2.75, 3.05) is 6.54 Å². The van der Waals surface area contributed by atoms with Crippen LogP contribution >= 0.6 is 0 Å². The van der Waals surface area contributed by atoms with E-state index in [1.807, 2.05) is 12.1 Å². The third-order valence-electron chi connectivity index (χ3n) is 4.52. The number of hydrogen-bond donors (Lipinski definition) is 2. The predicted molar refractivity (Wildman–Crippen MR) is 106 cm³/mol. The normalized spacial score (nSPS) is 12.1. The Hall–Kier alpha value is -3.06. The molecule has 0 saturated carbocycles. The Morgan fingerprint density at radius 2 is 1.79 bits per heavy atom. The SMILES string of the molecule is CC(C)c1ccc(C(N)CNC(=O)CCc2nc(-c3ccncc3)no2)cc1. The number of nitrogens with two attached hydrogens (primary N) is 1. The summed E-state index contributed by atoms with van der Waals surface area (Å²) < 4.78 is 5.21. The molecule has 7 nitrogen and oxygen atoms in total. The molecule has 0 aliphatic carbocycles. The zero-order valence-corrected chi connectivity index (χ0v) is 16.1. The molecule has 3 aromatic rings. The van der Waals surface area contributed by atoms with Crippen LogP contribution in [0.3, 0.4) is 0 Å². The fraction of sp³-hybridized carbons (Fsp3) is 0.333. The summed E-state index contributed by atoms with van der Waals surface area (Å²) in [7, 11) is 0. The van der Waals surface area contributed by atoms with Crippen molar-refractivity contribution in [2.24, 2.45) is 5.73 Å². The third-order valence-corrected chi connectivity index (χ3v) is 4.52. The predicted octanol–water partition coefficient (Wildman–Crippen LogP) is 3.00. The number of carbonyl (C=O) groups is 1. The highest BCUT2D eigenvalue weighted by atomic mass is 16.5. The lowest BCUT2D eigenvalue weighted by Gasteiger charge is -2.14. The van der Waals surface area contributed by atoms with E-state index in [1.165, 1.54) is 5.56 Å². The maximum absolute atomic E-state index is 12.1. The van der Waals surface area contributed by atoms with Gasteiger partial charge in [0.1, 0.15) is 0 Å². The molecule has 1 unspecified atom stereocenters. The van der Waals surface area contributed by atoms with Crippen LogP contribution in [-0.2, 0) is 11.2 Å². The van der Waals surface area contributed by atoms with Crippen LogP contribution in [0.2, 0.25) is 0 Å². The van der Waals surface area contributed by atoms with Gasteiger partial charge in [0.05, 0.1) is 0 Å². The molecule has 0 spiro atoms. The average molecular weight is 379 g/mol. The molecule has 0 fully saturated rings. The zero-order chi connectivity index (χ0) is 19.9. The second kappa shape index (κ2) is 9.23. The molecule has 3 rings (SSSR count). The van der Waals surface area contributed by atoms with E-state index >= 15 is 0 Å². The van der Waals surface area contributed by atoms with Crippen molar-refractivity contribution in [3.05, 3.63) is 65.8 Å². The Kier molecular flexibility index (Phi) is 6.49. The van der Waals surface area contributed by atoms with Crippen LogP contribution in [-0.4, -0.2) is 27.6 Å². The smallest absolute Gasteiger partial charge is 0.227 e. The Morgan fingerprint density at radius 3 is 2.46 bits per heavy atom. The van der Waals surface area contributed by atoms with E-state index in [9.17, 15) is 4.79 Å². The molecule has 28 heavy (non-hydrogen) atoms. The summed E-state index contributed by atoms with van der Waals surface area (Å²) in [6.07, 6.45) is 3.97. The molecule has 2 heterocycles. The molecular weight excluding hydrogens is 354 g/mol. The largest absolute Gasteiger partial charge is 0.354 e. The number of hydrogen-bond acceptors (Lipinski definition) is 6. The second-order valence-corrected chi connectivity index (χ2v) is 6.98. The summed E-state index contributed by atoms with van der Waals surface area (Å²) in [6.45, 7) is 4.68. The third kappa shape index (κ3) is 5.23. The minimum absolute atomic E-state index is 0.0992. The molecule has 0 aliphatic rings. The molecule has 0 bridgehead atoms. The summed E-state index contributed by atoms with van der Waals surface area (Å²) in [4.78, 5) is 20.4. The van der Waals surface area contributed by atoms with Crippen LogP contribution in [0.4, 0.5) is 0 Å². The van der Waals surface area contributed by atoms with E-state index in [-0.39, 0.29) is 18.4 Å². The first kappa shape index (κ1) is 19.7. The number of aryl methyl sites for hydroxylation is 1. The van der Waals surface area contributed by atoms with Gasteiger partial charge in [0.25, 0.3) is 0 Å². The fourth-order valence-electron chi connectivity index (χ4n) is 2.75. The van der Waals surface area contributed by atoms with Gasteiger partial charge in [-0.1, -0.05) is 43.3 Å². The van der Waals surface area contributed by atoms with Crippen molar-refractivity contribution in [3.8, 4) is 11.4 Å². The molecular formula is C21H25N5O2. The molecule has 7 heteroatoms. The van der Waals surface area contributed by atoms with Gasteiger partial charge < -0.3 is 15.6 Å². The molecule has 0 radical (unpaired) electrons. The zero-order valence-electron chi connectivity index (χ0n) is 16.1. The first-order valence-corrected chi connectivity index (χ1v) is 9.38. The van der Waals surface area contributed by atoms with Gasteiger partial charge in [-0.05, 0) is 29.2 Å². The van der Waals surface area contributed by atoms with Crippen LogP contribution in [0.25, 0.3) is 11.4 Å². The summed E-state index contributed by atoms with van der Waals surface area (Å²) in [6, 6.07) is 11.6. The van der Waals surface area contributed by atoms with Crippen molar-refractivity contribution in [1.29, 1.82) is 0 Å². The van der Waals surface area contributed by atoms with Crippen LogP contribution < -0.4 is 11.1 Å². The number of pyridine rings is 1. The first-order valence-electron chi connectivity index (χ1n) is 9.38. The number of rotatable bonds is 8. The number of aromatic nitrogens is 3. The molecule has 0 aliphatic heterocycles. The van der Waals surface area contributed by atoms with Gasteiger partial charge in [0.2, 0.25) is 17.6 Å². The Balaban J connectivity index is 1.45. The van der Waals surface area contributed by atoms with E-state index in [0.717, 1.165) is 11.1 Å². The van der Waals surface area contributed by atoms with Crippen molar-refractivity contribution < 1.29 is 9.32 Å². The Bertz CT molecular complexity index is 891. The van der Waals surface area contributed by atoms with Gasteiger partial charge in [-0.2, -0.15) is 4.98 Å². The Labute approximate surface area is 164 Å². The van der Waals surface area contributed by atoms with Gasteiger partial charge >= 0.3 is 0 Å². The average Bonchev–Trinajstić information content (AvgIpc) is 3.20. The summed E-state index contributed by atoms with van der Waals surface area (Å²) in [5.74, 6) is 1.30. The molecule has 1 atom stereocenters. The molecule has 2 aromatic heterocycles. The lowest BCUT2D eigenvalue weighted by Crippen LogP contribution is -2.32. The highest BCUT2D eigenvalue weighted by Gasteiger charge is 2.12. The number of amides is 1. The first-order chi connectivity index (χ1) is 13.5. The lowest BCUT2D eigenvalue weighted by molar-refractivity contribution is -0.121. The summed E-state index contributed by atoms with van der Waals surface area (Å²) in [5, 5.41) is 6.80. The lowest BCUT2D eigenvalue weighted by atomic mass is 9.99. The van der Waals surface area contributed by atoms with E-state index < -0.39 is 0 Å². The highest BCUT2D eigenvalue weighted by molar-refractivity contribution is 5.76. The number of carbonyl (C=O) groups excluding carboxylic acids is 1. The summed E-state index contributed by atoms with van der Waals surface area (Å²) >= 11 is 0. The standard InChI is InChI=1S/C21H25N5O2/c1-14(2)15-3-5-16(6-4-15)18(22)13-24-19(27)7-8-20-25-21(26-28-20)17-9-11-23-12-10-17/h3-6,9-12,14,18H,7-8,13,22H2,1-2H3,(H,24,27). The minimum Gasteiger partial charge on any atom is -0.354 e. The molecule has 1 amide bonds. The molecule has 0 saturated heterocycles. The van der Waals surface area contributed by atoms with Crippen molar-refractivity contribution in [1.82, 2.24) is 20.4 Å². The second-order valence-electron chi connectivity index (χ2n) is 6.98. The Morgan fingerprint density at radius 1 is 1.11 bits per heavy atom. The van der Waals surface area contributed by atoms with Gasteiger partial charge in [-0.25, -0.2) is 0 Å². The van der Waals surface area contributed by atoms with E-state index in [1.54, 1.807) is 24.5 Å². The fourth-order valence-corrected chi connectivity index (χ4v) is 2.75. The van der Waals surface area contributed by atoms with Gasteiger partial charge in [-0.15, -0.1) is 0 Å². The van der Waals surface area contributed by atoms with Gasteiger partial charge in [0, 0.05) is 43.4 Å². The van der Waals surface area contributed by atoms with Crippen molar-refractivity contribution in [3.63, 3.8) is 0 Å². The summed E-state index contributed by atoms with van der Waals surface area (Å²) in [5.41, 5.74) is 9.28. The monoisotopic (exact) mass is 379 g/mol. The molecule has 146 valence electrons. The highest BCUT2D eigenvalue weighted by Crippen LogP contribution is 2.17. The molecule has 1 aromatic carbocycles. The maximum Gasteiger partial charge on any atom is 0.227 e. The van der Waals surface area contributed by atoms with Crippen LogP contribution in [0.15, 0.2) is 53.3 Å². The van der Waals surface area contributed by atoms with Crippen molar-refractivity contribution in [2.45, 2.75) is 38.6 Å². The maximum atomic E-state index is 12.1. The quantitative estimate of drug-likeness (QED) is 0.623. The molecule has 3 N–H and O–H groups in total. The number of nitrogens with one attached hydrogen (secondary N) is 1. The van der Waals surface area contributed by atoms with Crippen molar-refractivity contribution >= 4 is 5.91 Å². The van der Waals surface area contributed by atoms with Crippen LogP contribution in [0.1, 0.15) is 49.2 Å². The van der Waals surface area contributed by atoms with Gasteiger partial charge in [0.15, 0.2) is 0 Å². The number of benzene rings is 1. The number of nitrogens with zero attached hydrogens (tertiary/aromatic N) is 3. The van der Waals surface area contributed by atoms with Crippen LogP contribution in [0, 0.1) is 0 Å². The van der Waals surface area contributed by atoms with E-state index in [4.69, 9.17) is 10.3 Å². The minimum atomic E-state index is -0.244. The van der Waals surface area contributed by atoms with E-state index in [2.05, 4.69) is 46.4 Å². The van der Waals surface area contributed by atoms with Crippen LogP contribution in [0.5, 0.6) is 0 Å².